The Hall–Kier alpha value is -5.96. The molecule has 0 amide bonds. The molecule has 0 radical (unpaired) electrons. The highest BCUT2D eigenvalue weighted by molar-refractivity contribution is 7.26. The Morgan fingerprint density at radius 2 is 1.22 bits per heavy atom. The van der Waals surface area contributed by atoms with Gasteiger partial charge in [0.05, 0.1) is 11.2 Å². The fraction of sp³-hybridized carbons (Fsp3) is 0.193. The van der Waals surface area contributed by atoms with Gasteiger partial charge in [-0.3, -0.25) is 0 Å². The fourth-order valence-electron chi connectivity index (χ4n) is 12.2. The zero-order chi connectivity index (χ0) is 40.1. The maximum absolute atomic E-state index is 2.78. The van der Waals surface area contributed by atoms with Crippen molar-refractivity contribution in [2.75, 3.05) is 4.90 Å². The summed E-state index contributed by atoms with van der Waals surface area (Å²) >= 11 is 1.95. The summed E-state index contributed by atoms with van der Waals surface area (Å²) in [7, 11) is 0. The summed E-state index contributed by atoms with van der Waals surface area (Å²) in [4.78, 5) is 2.78. The van der Waals surface area contributed by atoms with E-state index in [0.29, 0.717) is 0 Å². The van der Waals surface area contributed by atoms with E-state index in [9.17, 15) is 0 Å². The molecular formula is C57H47NS. The Labute approximate surface area is 351 Å². The van der Waals surface area contributed by atoms with Gasteiger partial charge in [0.15, 0.2) is 0 Å². The summed E-state index contributed by atoms with van der Waals surface area (Å²) in [5.74, 6) is 0.245. The molecule has 12 rings (SSSR count). The van der Waals surface area contributed by atoms with Crippen LogP contribution in [0.3, 0.4) is 0 Å². The first kappa shape index (κ1) is 35.0. The van der Waals surface area contributed by atoms with Crippen LogP contribution in [0, 0.1) is 5.92 Å². The molecule has 0 saturated carbocycles. The van der Waals surface area contributed by atoms with Gasteiger partial charge in [0, 0.05) is 42.1 Å². The van der Waals surface area contributed by atoms with Crippen molar-refractivity contribution in [1.29, 1.82) is 0 Å². The predicted octanol–water partition coefficient (Wildman–Crippen LogP) is 15.4. The second-order valence-corrected chi connectivity index (χ2v) is 19.6. The molecule has 4 aliphatic rings. The van der Waals surface area contributed by atoms with Gasteiger partial charge < -0.3 is 4.90 Å². The molecule has 4 atom stereocenters. The molecule has 0 N–H and O–H groups in total. The number of allylic oxidation sites excluding steroid dienone is 4. The highest BCUT2D eigenvalue weighted by Crippen LogP contribution is 2.66. The molecule has 1 nitrogen and oxygen atoms in total. The Kier molecular flexibility index (Phi) is 7.02. The highest BCUT2D eigenvalue weighted by Gasteiger charge is 2.58. The molecule has 1 aliphatic heterocycles. The lowest BCUT2D eigenvalue weighted by atomic mass is 9.51. The highest BCUT2D eigenvalue weighted by atomic mass is 32.1. The summed E-state index contributed by atoms with van der Waals surface area (Å²) in [6, 6.07) is 54.9. The van der Waals surface area contributed by atoms with Crippen LogP contribution in [0.15, 0.2) is 181 Å². The Morgan fingerprint density at radius 1 is 0.559 bits per heavy atom. The smallest absolute Gasteiger partial charge is 0.0833 e. The van der Waals surface area contributed by atoms with E-state index in [2.05, 4.69) is 216 Å². The van der Waals surface area contributed by atoms with E-state index < -0.39 is 5.54 Å². The lowest BCUT2D eigenvalue weighted by Gasteiger charge is -2.60. The summed E-state index contributed by atoms with van der Waals surface area (Å²) in [6.45, 7) is 14.8. The molecule has 2 heterocycles. The van der Waals surface area contributed by atoms with Gasteiger partial charge >= 0.3 is 0 Å². The first-order valence-corrected chi connectivity index (χ1v) is 22.1. The van der Waals surface area contributed by atoms with Crippen LogP contribution in [0.2, 0.25) is 0 Å². The fourth-order valence-corrected chi connectivity index (χ4v) is 13.4. The number of fused-ring (bicyclic) bond motifs is 12. The Bertz CT molecular complexity index is 3190. The van der Waals surface area contributed by atoms with Gasteiger partial charge in [-0.25, -0.2) is 0 Å². The average molecular weight is 778 g/mol. The zero-order valence-electron chi connectivity index (χ0n) is 34.6. The maximum atomic E-state index is 2.78. The van der Waals surface area contributed by atoms with Crippen LogP contribution in [-0.4, -0.2) is 5.54 Å². The number of benzene rings is 7. The number of hydrogen-bond donors (Lipinski definition) is 0. The number of thiophene rings is 1. The molecule has 0 fully saturated rings. The van der Waals surface area contributed by atoms with Gasteiger partial charge in [-0.1, -0.05) is 172 Å². The van der Waals surface area contributed by atoms with E-state index in [1.54, 1.807) is 0 Å². The van der Waals surface area contributed by atoms with Crippen molar-refractivity contribution >= 4 is 53.7 Å². The Balaban J connectivity index is 1.20. The van der Waals surface area contributed by atoms with E-state index in [4.69, 9.17) is 0 Å². The van der Waals surface area contributed by atoms with E-state index in [-0.39, 0.29) is 22.2 Å². The van der Waals surface area contributed by atoms with Gasteiger partial charge in [0.2, 0.25) is 0 Å². The number of nitrogens with zero attached hydrogens (tertiary/aromatic N) is 1. The molecule has 0 saturated heterocycles. The van der Waals surface area contributed by atoms with Gasteiger partial charge in [-0.2, -0.15) is 0 Å². The summed E-state index contributed by atoms with van der Waals surface area (Å²) in [5.41, 5.74) is 15.1. The van der Waals surface area contributed by atoms with Gasteiger partial charge in [0.25, 0.3) is 0 Å². The second-order valence-electron chi connectivity index (χ2n) is 18.6. The van der Waals surface area contributed by atoms with Crippen LogP contribution in [0.4, 0.5) is 11.4 Å². The molecule has 4 unspecified atom stereocenters. The molecule has 3 aliphatic carbocycles. The monoisotopic (exact) mass is 777 g/mol. The third-order valence-electron chi connectivity index (χ3n) is 14.9. The third kappa shape index (κ3) is 4.45. The van der Waals surface area contributed by atoms with Crippen LogP contribution >= 0.6 is 11.3 Å². The second kappa shape index (κ2) is 11.8. The normalized spacial score (nSPS) is 24.7. The average Bonchev–Trinajstić information content (AvgIpc) is 3.76. The number of rotatable bonds is 3. The van der Waals surface area contributed by atoms with E-state index >= 15 is 0 Å². The van der Waals surface area contributed by atoms with Crippen LogP contribution in [0.25, 0.3) is 53.2 Å². The summed E-state index contributed by atoms with van der Waals surface area (Å²) < 4.78 is 2.71. The zero-order valence-corrected chi connectivity index (χ0v) is 35.4. The van der Waals surface area contributed by atoms with E-state index in [0.717, 1.165) is 0 Å². The molecule has 7 aromatic carbocycles. The minimum Gasteiger partial charge on any atom is -0.327 e. The quantitative estimate of drug-likeness (QED) is 0.162. The van der Waals surface area contributed by atoms with Crippen molar-refractivity contribution in [1.82, 2.24) is 0 Å². The van der Waals surface area contributed by atoms with Gasteiger partial charge in [0.1, 0.15) is 0 Å². The largest absolute Gasteiger partial charge is 0.327 e. The van der Waals surface area contributed by atoms with Crippen LogP contribution in [0.5, 0.6) is 0 Å². The van der Waals surface area contributed by atoms with Crippen molar-refractivity contribution in [3.63, 3.8) is 0 Å². The molecule has 0 spiro atoms. The Morgan fingerprint density at radius 3 is 2.02 bits per heavy atom. The standard InChI is InChI=1S/C57H47NS/c1-35-30-31-56(5)50-42-19-10-11-20-43(42)52-48(44-21-13-15-23-47(44)59-52)51(50)58(39-28-29-41-40-18-12-14-22-45(40)54(2,3)46(41)34-39)57(6)33-32-55(4,49(35)53(56)57)38-26-24-37(25-27-38)36-16-8-7-9-17-36/h7-35H,1-6H3. The maximum Gasteiger partial charge on any atom is 0.0833 e. The first-order valence-electron chi connectivity index (χ1n) is 21.3. The molecule has 1 aromatic heterocycles. The molecule has 59 heavy (non-hydrogen) atoms. The topological polar surface area (TPSA) is 3.24 Å². The molecule has 286 valence electrons. The van der Waals surface area contributed by atoms with Crippen molar-refractivity contribution in [2.45, 2.75) is 63.3 Å². The van der Waals surface area contributed by atoms with Gasteiger partial charge in [-0.15, -0.1) is 11.3 Å². The van der Waals surface area contributed by atoms with E-state index in [1.807, 2.05) is 11.3 Å². The van der Waals surface area contributed by atoms with Crippen molar-refractivity contribution in [3.05, 3.63) is 203 Å². The molecule has 0 bridgehead atoms. The van der Waals surface area contributed by atoms with Crippen LogP contribution in [-0.2, 0) is 16.2 Å². The molecular weight excluding hydrogens is 731 g/mol. The van der Waals surface area contributed by atoms with Gasteiger partial charge in [-0.05, 0) is 111 Å². The van der Waals surface area contributed by atoms with Crippen molar-refractivity contribution in [2.24, 2.45) is 5.92 Å². The lowest BCUT2D eigenvalue weighted by Crippen LogP contribution is -2.58. The minimum atomic E-state index is -0.470. The lowest BCUT2D eigenvalue weighted by molar-refractivity contribution is 0.443. The van der Waals surface area contributed by atoms with E-state index in [1.165, 1.54) is 98.0 Å². The number of hydrogen-bond acceptors (Lipinski definition) is 2. The summed E-state index contributed by atoms with van der Waals surface area (Å²) in [6.07, 6.45) is 10.3. The predicted molar refractivity (Wildman–Crippen MR) is 252 cm³/mol. The minimum absolute atomic E-state index is 0.122. The van der Waals surface area contributed by atoms with Crippen LogP contribution < -0.4 is 4.90 Å². The van der Waals surface area contributed by atoms with Crippen molar-refractivity contribution in [3.8, 4) is 22.3 Å². The SMILES string of the molecule is CC1C=CC2(C)C3=C1C(C)(c1ccc(-c4ccccc4)cc1)C=CC3(C)N(c1ccc3c(c1)C(C)(C)c1ccccc1-3)c1c2c2ccccc2c2sc3ccccc3c12. The third-order valence-corrected chi connectivity index (χ3v) is 16.1. The molecule has 2 heteroatoms. The number of anilines is 2. The first-order chi connectivity index (χ1) is 28.5. The van der Waals surface area contributed by atoms with Crippen molar-refractivity contribution < 1.29 is 0 Å². The molecule has 8 aromatic rings. The van der Waals surface area contributed by atoms with Crippen LogP contribution in [0.1, 0.15) is 63.8 Å². The summed E-state index contributed by atoms with van der Waals surface area (Å²) in [5, 5.41) is 5.40.